The normalized spacial score (nSPS) is 20.5. The molecular formula is C20H27ClN2O2. The standard InChI is InChI=1S/C20H26N2O2.ClH/c1-23-20(24-2)15-18(13-14-19(20,21)22,16-9-5-3-6-10-16)17-11-7-4-8-12-17;/h3-12H,13-15,21-22H2,1-2H3;1H. The first-order valence-corrected chi connectivity index (χ1v) is 8.29. The predicted molar refractivity (Wildman–Crippen MR) is 103 cm³/mol. The van der Waals surface area contributed by atoms with Gasteiger partial charge in [-0.25, -0.2) is 0 Å². The molecule has 0 amide bonds. The van der Waals surface area contributed by atoms with Crippen molar-refractivity contribution in [3.05, 3.63) is 71.8 Å². The Kier molecular flexibility index (Phi) is 5.92. The fourth-order valence-corrected chi connectivity index (χ4v) is 4.04. The smallest absolute Gasteiger partial charge is 0.200 e. The van der Waals surface area contributed by atoms with E-state index < -0.39 is 11.4 Å². The molecule has 0 bridgehead atoms. The molecule has 1 fully saturated rings. The maximum Gasteiger partial charge on any atom is 0.200 e. The zero-order valence-electron chi connectivity index (χ0n) is 14.8. The highest BCUT2D eigenvalue weighted by molar-refractivity contribution is 5.85. The largest absolute Gasteiger partial charge is 0.350 e. The van der Waals surface area contributed by atoms with E-state index in [0.717, 1.165) is 6.42 Å². The summed E-state index contributed by atoms with van der Waals surface area (Å²) in [5, 5.41) is 0. The number of rotatable bonds is 4. The Morgan fingerprint density at radius 3 is 1.60 bits per heavy atom. The van der Waals surface area contributed by atoms with Gasteiger partial charge in [0.2, 0.25) is 0 Å². The highest BCUT2D eigenvalue weighted by Crippen LogP contribution is 2.51. The molecule has 1 aliphatic rings. The van der Waals surface area contributed by atoms with Crippen LogP contribution in [0.3, 0.4) is 0 Å². The quantitative estimate of drug-likeness (QED) is 0.819. The van der Waals surface area contributed by atoms with E-state index in [1.54, 1.807) is 14.2 Å². The van der Waals surface area contributed by atoms with E-state index in [2.05, 4.69) is 48.5 Å². The molecule has 0 atom stereocenters. The van der Waals surface area contributed by atoms with Crippen LogP contribution < -0.4 is 11.5 Å². The van der Waals surface area contributed by atoms with Crippen LogP contribution in [0.25, 0.3) is 0 Å². The average Bonchev–Trinajstić information content (AvgIpc) is 2.64. The maximum absolute atomic E-state index is 6.38. The van der Waals surface area contributed by atoms with Crippen LogP contribution >= 0.6 is 12.4 Å². The average molecular weight is 363 g/mol. The number of halogens is 1. The van der Waals surface area contributed by atoms with Gasteiger partial charge >= 0.3 is 0 Å². The number of methoxy groups -OCH3 is 2. The van der Waals surface area contributed by atoms with Crippen molar-refractivity contribution in [1.29, 1.82) is 0 Å². The molecular weight excluding hydrogens is 336 g/mol. The van der Waals surface area contributed by atoms with Gasteiger partial charge in [0, 0.05) is 26.1 Å². The van der Waals surface area contributed by atoms with Crippen LogP contribution in [-0.2, 0) is 14.9 Å². The first-order valence-electron chi connectivity index (χ1n) is 8.29. The van der Waals surface area contributed by atoms with Crippen molar-refractivity contribution < 1.29 is 9.47 Å². The van der Waals surface area contributed by atoms with E-state index in [4.69, 9.17) is 20.9 Å². The summed E-state index contributed by atoms with van der Waals surface area (Å²) >= 11 is 0. The van der Waals surface area contributed by atoms with Crippen LogP contribution in [0.15, 0.2) is 60.7 Å². The predicted octanol–water partition coefficient (Wildman–Crippen LogP) is 3.18. The Labute approximate surface area is 155 Å². The van der Waals surface area contributed by atoms with Crippen molar-refractivity contribution in [3.8, 4) is 0 Å². The Hall–Kier alpha value is -1.43. The lowest BCUT2D eigenvalue weighted by Crippen LogP contribution is -2.72. The summed E-state index contributed by atoms with van der Waals surface area (Å²) in [6, 6.07) is 20.9. The molecule has 5 heteroatoms. The van der Waals surface area contributed by atoms with Crippen LogP contribution in [0, 0.1) is 0 Å². The van der Waals surface area contributed by atoms with Gasteiger partial charge in [0.1, 0.15) is 5.66 Å². The van der Waals surface area contributed by atoms with E-state index >= 15 is 0 Å². The third kappa shape index (κ3) is 3.21. The number of ether oxygens (including phenoxy) is 2. The molecule has 4 nitrogen and oxygen atoms in total. The molecule has 25 heavy (non-hydrogen) atoms. The van der Waals surface area contributed by atoms with Crippen molar-refractivity contribution in [3.63, 3.8) is 0 Å². The van der Waals surface area contributed by atoms with Crippen molar-refractivity contribution in [2.45, 2.75) is 36.1 Å². The van der Waals surface area contributed by atoms with E-state index in [-0.39, 0.29) is 17.8 Å². The lowest BCUT2D eigenvalue weighted by Gasteiger charge is -2.54. The van der Waals surface area contributed by atoms with E-state index in [1.807, 2.05) is 12.1 Å². The van der Waals surface area contributed by atoms with Gasteiger partial charge in [0.15, 0.2) is 5.79 Å². The zero-order valence-corrected chi connectivity index (χ0v) is 15.6. The molecule has 1 aliphatic carbocycles. The molecule has 0 radical (unpaired) electrons. The highest BCUT2D eigenvalue weighted by Gasteiger charge is 2.58. The third-order valence-corrected chi connectivity index (χ3v) is 5.52. The van der Waals surface area contributed by atoms with Crippen molar-refractivity contribution in [2.75, 3.05) is 14.2 Å². The minimum absolute atomic E-state index is 0. The fourth-order valence-electron chi connectivity index (χ4n) is 4.04. The van der Waals surface area contributed by atoms with Gasteiger partial charge in [0.25, 0.3) is 0 Å². The van der Waals surface area contributed by atoms with Crippen LogP contribution in [0.2, 0.25) is 0 Å². The van der Waals surface area contributed by atoms with Gasteiger partial charge in [-0.3, -0.25) is 0 Å². The lowest BCUT2D eigenvalue weighted by molar-refractivity contribution is -0.269. The number of nitrogens with two attached hydrogens (primary N) is 2. The third-order valence-electron chi connectivity index (χ3n) is 5.52. The van der Waals surface area contributed by atoms with Crippen molar-refractivity contribution in [2.24, 2.45) is 11.5 Å². The number of hydrogen-bond donors (Lipinski definition) is 2. The van der Waals surface area contributed by atoms with Crippen LogP contribution in [0.5, 0.6) is 0 Å². The summed E-state index contributed by atoms with van der Waals surface area (Å²) in [4.78, 5) is 0. The van der Waals surface area contributed by atoms with Gasteiger partial charge in [-0.1, -0.05) is 60.7 Å². The van der Waals surface area contributed by atoms with Crippen LogP contribution in [0.4, 0.5) is 0 Å². The molecule has 0 spiro atoms. The molecule has 0 unspecified atom stereocenters. The Morgan fingerprint density at radius 2 is 1.20 bits per heavy atom. The maximum atomic E-state index is 6.38. The van der Waals surface area contributed by atoms with E-state index in [9.17, 15) is 0 Å². The second-order valence-electron chi connectivity index (χ2n) is 6.69. The summed E-state index contributed by atoms with van der Waals surface area (Å²) in [6.45, 7) is 0. The Morgan fingerprint density at radius 1 is 0.760 bits per heavy atom. The first kappa shape index (κ1) is 19.9. The number of benzene rings is 2. The topological polar surface area (TPSA) is 70.5 Å². The van der Waals surface area contributed by atoms with Crippen molar-refractivity contribution >= 4 is 12.4 Å². The Balaban J connectivity index is 0.00000225. The zero-order chi connectivity index (χ0) is 17.3. The van der Waals surface area contributed by atoms with E-state index in [0.29, 0.717) is 12.8 Å². The van der Waals surface area contributed by atoms with Gasteiger partial charge in [-0.05, 0) is 24.0 Å². The van der Waals surface area contributed by atoms with Gasteiger partial charge in [-0.15, -0.1) is 12.4 Å². The van der Waals surface area contributed by atoms with E-state index in [1.165, 1.54) is 11.1 Å². The molecule has 0 heterocycles. The summed E-state index contributed by atoms with van der Waals surface area (Å²) in [7, 11) is 3.23. The molecule has 1 saturated carbocycles. The fraction of sp³-hybridized carbons (Fsp3) is 0.400. The summed E-state index contributed by atoms with van der Waals surface area (Å²) in [6.07, 6.45) is 2.00. The highest BCUT2D eigenvalue weighted by atomic mass is 35.5. The van der Waals surface area contributed by atoms with Gasteiger partial charge in [-0.2, -0.15) is 0 Å². The SMILES string of the molecule is COC1(OC)CC(c2ccccc2)(c2ccccc2)CCC1(N)N.Cl. The second kappa shape index (κ2) is 7.44. The molecule has 2 aromatic rings. The van der Waals surface area contributed by atoms with Crippen LogP contribution in [0.1, 0.15) is 30.4 Å². The van der Waals surface area contributed by atoms with Gasteiger partial charge < -0.3 is 20.9 Å². The summed E-state index contributed by atoms with van der Waals surface area (Å²) in [5.74, 6) is -1.04. The Bertz CT molecular complexity index is 633. The molecule has 0 aromatic heterocycles. The molecule has 136 valence electrons. The summed E-state index contributed by atoms with van der Waals surface area (Å²) < 4.78 is 11.5. The second-order valence-corrected chi connectivity index (χ2v) is 6.69. The van der Waals surface area contributed by atoms with Gasteiger partial charge in [0.05, 0.1) is 0 Å². The molecule has 2 aromatic carbocycles. The van der Waals surface area contributed by atoms with Crippen LogP contribution in [-0.4, -0.2) is 25.7 Å². The molecule has 3 rings (SSSR count). The van der Waals surface area contributed by atoms with Crippen molar-refractivity contribution in [1.82, 2.24) is 0 Å². The molecule has 0 aliphatic heterocycles. The monoisotopic (exact) mass is 362 g/mol. The minimum atomic E-state index is -1.04. The molecule has 4 N–H and O–H groups in total. The minimum Gasteiger partial charge on any atom is -0.350 e. The summed E-state index contributed by atoms with van der Waals surface area (Å²) in [5.41, 5.74) is 13.9. The number of hydrogen-bond acceptors (Lipinski definition) is 4. The lowest BCUT2D eigenvalue weighted by atomic mass is 9.60. The molecule has 0 saturated heterocycles. The first-order chi connectivity index (χ1) is 11.5.